The average Bonchev–Trinajstić information content (AvgIpc) is 2.68. The minimum absolute atomic E-state index is 0.252. The molecule has 5 nitrogen and oxygen atoms in total. The van der Waals surface area contributed by atoms with Gasteiger partial charge in [-0.15, -0.1) is 0 Å². The lowest BCUT2D eigenvalue weighted by Gasteiger charge is -2.12. The number of rotatable bonds is 5. The van der Waals surface area contributed by atoms with E-state index in [4.69, 9.17) is 0 Å². The zero-order valence-electron chi connectivity index (χ0n) is 14.7. The Kier molecular flexibility index (Phi) is 6.18. The van der Waals surface area contributed by atoms with E-state index in [1.807, 2.05) is 37.3 Å². The zero-order chi connectivity index (χ0) is 19.2. The van der Waals surface area contributed by atoms with E-state index < -0.39 is 0 Å². The van der Waals surface area contributed by atoms with Crippen molar-refractivity contribution >= 4 is 40.1 Å². The Morgan fingerprint density at radius 3 is 2.52 bits per heavy atom. The largest absolute Gasteiger partial charge is 0.348 e. The van der Waals surface area contributed by atoms with Crippen LogP contribution in [0.5, 0.6) is 0 Å². The molecule has 136 valence electrons. The predicted octanol–water partition coefficient (Wildman–Crippen LogP) is 4.18. The summed E-state index contributed by atoms with van der Waals surface area (Å²) in [5.74, 6) is -0.505. The molecular formula is C21H18IN3O2. The van der Waals surface area contributed by atoms with Crippen molar-refractivity contribution in [1.82, 2.24) is 10.3 Å². The predicted molar refractivity (Wildman–Crippen MR) is 114 cm³/mol. The lowest BCUT2D eigenvalue weighted by Crippen LogP contribution is -2.25. The van der Waals surface area contributed by atoms with Crippen LogP contribution in [0.3, 0.4) is 0 Å². The van der Waals surface area contributed by atoms with Gasteiger partial charge in [0.1, 0.15) is 0 Å². The molecule has 0 bridgehead atoms. The summed E-state index contributed by atoms with van der Waals surface area (Å²) in [6.07, 6.45) is 3.39. The van der Waals surface area contributed by atoms with Crippen LogP contribution in [0.15, 0.2) is 67.0 Å². The van der Waals surface area contributed by atoms with Crippen LogP contribution < -0.4 is 10.6 Å². The molecule has 6 heteroatoms. The number of hydrogen-bond acceptors (Lipinski definition) is 3. The third-order valence-electron chi connectivity index (χ3n) is 3.96. The summed E-state index contributed by atoms with van der Waals surface area (Å²) in [7, 11) is 0. The minimum atomic E-state index is -0.253. The van der Waals surface area contributed by atoms with Crippen LogP contribution >= 0.6 is 22.6 Å². The second-order valence-electron chi connectivity index (χ2n) is 6.05. The van der Waals surface area contributed by atoms with Crippen molar-refractivity contribution in [2.24, 2.45) is 0 Å². The SMILES string of the molecule is Cc1ccc(C(=O)Nc2ccc(I)cc2C(=O)NCc2cccnc2)cc1. The number of carbonyl (C=O) groups is 2. The Labute approximate surface area is 171 Å². The number of nitrogens with zero attached hydrogens (tertiary/aromatic N) is 1. The van der Waals surface area contributed by atoms with Crippen molar-refractivity contribution in [2.75, 3.05) is 5.32 Å². The molecule has 0 saturated heterocycles. The van der Waals surface area contributed by atoms with E-state index in [0.717, 1.165) is 14.7 Å². The van der Waals surface area contributed by atoms with E-state index in [1.165, 1.54) is 0 Å². The van der Waals surface area contributed by atoms with Gasteiger partial charge in [0, 0.05) is 28.1 Å². The van der Waals surface area contributed by atoms with E-state index in [0.29, 0.717) is 23.4 Å². The highest BCUT2D eigenvalue weighted by Crippen LogP contribution is 2.20. The minimum Gasteiger partial charge on any atom is -0.348 e. The Balaban J connectivity index is 1.77. The lowest BCUT2D eigenvalue weighted by atomic mass is 10.1. The number of aromatic nitrogens is 1. The molecule has 0 saturated carbocycles. The number of aryl methyl sites for hydroxylation is 1. The summed E-state index contributed by atoms with van der Waals surface area (Å²) in [4.78, 5) is 29.2. The number of anilines is 1. The van der Waals surface area contributed by atoms with Crippen LogP contribution in [0.25, 0.3) is 0 Å². The van der Waals surface area contributed by atoms with Gasteiger partial charge in [-0.25, -0.2) is 0 Å². The molecule has 3 aromatic rings. The van der Waals surface area contributed by atoms with E-state index in [-0.39, 0.29) is 11.8 Å². The van der Waals surface area contributed by atoms with Gasteiger partial charge in [-0.3, -0.25) is 14.6 Å². The van der Waals surface area contributed by atoms with Gasteiger partial charge in [0.05, 0.1) is 11.3 Å². The second-order valence-corrected chi connectivity index (χ2v) is 7.30. The summed E-state index contributed by atoms with van der Waals surface area (Å²) in [5.41, 5.74) is 3.43. The van der Waals surface area contributed by atoms with Gasteiger partial charge in [0.15, 0.2) is 0 Å². The quantitative estimate of drug-likeness (QED) is 0.549. The first-order valence-corrected chi connectivity index (χ1v) is 9.45. The lowest BCUT2D eigenvalue weighted by molar-refractivity contribution is 0.0951. The fourth-order valence-electron chi connectivity index (χ4n) is 2.49. The van der Waals surface area contributed by atoms with Crippen LogP contribution in [0.2, 0.25) is 0 Å². The second kappa shape index (κ2) is 8.77. The summed E-state index contributed by atoms with van der Waals surface area (Å²) < 4.78 is 0.910. The van der Waals surface area contributed by atoms with Crippen molar-refractivity contribution in [3.8, 4) is 0 Å². The molecule has 0 fully saturated rings. The van der Waals surface area contributed by atoms with Crippen molar-refractivity contribution in [3.63, 3.8) is 0 Å². The summed E-state index contributed by atoms with van der Waals surface area (Å²) in [6.45, 7) is 2.33. The highest BCUT2D eigenvalue weighted by molar-refractivity contribution is 14.1. The summed E-state index contributed by atoms with van der Waals surface area (Å²) in [6, 6.07) is 16.3. The molecule has 0 radical (unpaired) electrons. The molecular weight excluding hydrogens is 453 g/mol. The first-order chi connectivity index (χ1) is 13.0. The fourth-order valence-corrected chi connectivity index (χ4v) is 2.98. The van der Waals surface area contributed by atoms with Crippen LogP contribution in [-0.2, 0) is 6.54 Å². The molecule has 0 atom stereocenters. The van der Waals surface area contributed by atoms with Gasteiger partial charge in [-0.1, -0.05) is 23.8 Å². The molecule has 0 spiro atoms. The van der Waals surface area contributed by atoms with E-state index in [1.54, 1.807) is 36.7 Å². The molecule has 0 aliphatic heterocycles. The summed E-state index contributed by atoms with van der Waals surface area (Å²) in [5, 5.41) is 5.71. The first-order valence-electron chi connectivity index (χ1n) is 8.37. The van der Waals surface area contributed by atoms with Gasteiger partial charge < -0.3 is 10.6 Å². The monoisotopic (exact) mass is 471 g/mol. The van der Waals surface area contributed by atoms with Crippen molar-refractivity contribution in [3.05, 3.63) is 92.8 Å². The topological polar surface area (TPSA) is 71.1 Å². The van der Waals surface area contributed by atoms with Crippen molar-refractivity contribution < 1.29 is 9.59 Å². The van der Waals surface area contributed by atoms with E-state index >= 15 is 0 Å². The van der Waals surface area contributed by atoms with Gasteiger partial charge in [-0.05, 0) is 71.5 Å². The van der Waals surface area contributed by atoms with Crippen molar-refractivity contribution in [2.45, 2.75) is 13.5 Å². The number of carbonyl (C=O) groups excluding carboxylic acids is 2. The number of nitrogens with one attached hydrogen (secondary N) is 2. The van der Waals surface area contributed by atoms with E-state index in [2.05, 4.69) is 38.2 Å². The van der Waals surface area contributed by atoms with Crippen molar-refractivity contribution in [1.29, 1.82) is 0 Å². The molecule has 0 unspecified atom stereocenters. The standard InChI is InChI=1S/C21H18IN3O2/c1-14-4-6-16(7-5-14)20(26)25-19-9-8-17(22)11-18(19)21(27)24-13-15-3-2-10-23-12-15/h2-12H,13H2,1H3,(H,24,27)(H,25,26). The van der Waals surface area contributed by atoms with Crippen LogP contribution in [-0.4, -0.2) is 16.8 Å². The molecule has 0 aliphatic rings. The number of benzene rings is 2. The maximum absolute atomic E-state index is 12.7. The Bertz CT molecular complexity index is 957. The fraction of sp³-hybridized carbons (Fsp3) is 0.0952. The Morgan fingerprint density at radius 2 is 1.81 bits per heavy atom. The Morgan fingerprint density at radius 1 is 1.04 bits per heavy atom. The van der Waals surface area contributed by atoms with Gasteiger partial charge in [0.2, 0.25) is 0 Å². The molecule has 2 N–H and O–H groups in total. The third-order valence-corrected chi connectivity index (χ3v) is 4.64. The number of amides is 2. The molecule has 1 heterocycles. The van der Waals surface area contributed by atoms with Crippen LogP contribution in [0, 0.1) is 10.5 Å². The average molecular weight is 471 g/mol. The number of hydrogen-bond donors (Lipinski definition) is 2. The molecule has 1 aromatic heterocycles. The first kappa shape index (κ1) is 19.0. The zero-order valence-corrected chi connectivity index (χ0v) is 16.9. The normalized spacial score (nSPS) is 10.3. The van der Waals surface area contributed by atoms with E-state index in [9.17, 15) is 9.59 Å². The van der Waals surface area contributed by atoms with Crippen LogP contribution in [0.4, 0.5) is 5.69 Å². The van der Waals surface area contributed by atoms with Gasteiger partial charge in [0.25, 0.3) is 11.8 Å². The maximum atomic E-state index is 12.7. The molecule has 0 aliphatic carbocycles. The Hall–Kier alpha value is -2.74. The number of pyridine rings is 1. The smallest absolute Gasteiger partial charge is 0.255 e. The summed E-state index contributed by atoms with van der Waals surface area (Å²) >= 11 is 2.14. The molecule has 2 aromatic carbocycles. The van der Waals surface area contributed by atoms with Gasteiger partial charge >= 0.3 is 0 Å². The highest BCUT2D eigenvalue weighted by Gasteiger charge is 2.15. The van der Waals surface area contributed by atoms with Crippen LogP contribution in [0.1, 0.15) is 31.8 Å². The maximum Gasteiger partial charge on any atom is 0.255 e. The molecule has 2 amide bonds. The molecule has 27 heavy (non-hydrogen) atoms. The third kappa shape index (κ3) is 5.13. The number of halogens is 1. The highest BCUT2D eigenvalue weighted by atomic mass is 127. The van der Waals surface area contributed by atoms with Gasteiger partial charge in [-0.2, -0.15) is 0 Å². The molecule has 3 rings (SSSR count).